The van der Waals surface area contributed by atoms with Crippen molar-refractivity contribution in [2.45, 2.75) is 6.42 Å². The molecule has 2 aromatic carbocycles. The van der Waals surface area contributed by atoms with Crippen LogP contribution in [0.3, 0.4) is 0 Å². The zero-order chi connectivity index (χ0) is 12.3. The lowest BCUT2D eigenvalue weighted by molar-refractivity contribution is 0.566. The Labute approximate surface area is 101 Å². The minimum absolute atomic E-state index is 0.516. The van der Waals surface area contributed by atoms with E-state index in [0.29, 0.717) is 6.54 Å². The number of nitrogens with one attached hydrogen (secondary N) is 1. The van der Waals surface area contributed by atoms with Gasteiger partial charge < -0.3 is 0 Å². The number of hydrogen-bond acceptors (Lipinski definition) is 1. The van der Waals surface area contributed by atoms with Gasteiger partial charge in [-0.05, 0) is 22.8 Å². The number of benzene rings is 2. The van der Waals surface area contributed by atoms with Gasteiger partial charge in [-0.15, -0.1) is 0 Å². The van der Waals surface area contributed by atoms with Crippen LogP contribution in [0.25, 0.3) is 10.8 Å². The lowest BCUT2D eigenvalue weighted by Gasteiger charge is -2.08. The second kappa shape index (κ2) is 4.98. The van der Waals surface area contributed by atoms with E-state index in [1.807, 2.05) is 12.1 Å². The summed E-state index contributed by atoms with van der Waals surface area (Å²) in [6.07, 6.45) is 0.753. The summed E-state index contributed by atoms with van der Waals surface area (Å²) in [6.45, 7) is 0.516. The third kappa shape index (κ3) is 3.65. The average molecular weight is 249 g/mol. The van der Waals surface area contributed by atoms with Gasteiger partial charge in [0.1, 0.15) is 0 Å². The summed E-state index contributed by atoms with van der Waals surface area (Å²) in [5.41, 5.74) is 11.6. The second-order valence-corrected chi connectivity index (χ2v) is 5.78. The first-order chi connectivity index (χ1) is 8.04. The van der Waals surface area contributed by atoms with Crippen molar-refractivity contribution in [1.29, 1.82) is 0 Å². The predicted molar refractivity (Wildman–Crippen MR) is 71.6 cm³/mol. The smallest absolute Gasteiger partial charge is 0.271 e. The van der Waals surface area contributed by atoms with Gasteiger partial charge in [0.15, 0.2) is 0 Å². The molecule has 90 valence electrons. The molecular weight excluding hydrogens is 233 g/mol. The average Bonchev–Trinajstić information content (AvgIpc) is 2.27. The molecule has 0 radical (unpaired) electrons. The van der Waals surface area contributed by atoms with E-state index in [2.05, 4.69) is 35.4 Å². The first-order valence-electron chi connectivity index (χ1n) is 5.45. The summed E-state index contributed by atoms with van der Waals surface area (Å²) in [6, 6.07) is 14.4. The summed E-state index contributed by atoms with van der Waals surface area (Å²) in [4.78, 5) is 0. The molecule has 0 heterocycles. The van der Waals surface area contributed by atoms with Crippen LogP contribution in [0.1, 0.15) is 5.56 Å². The van der Waals surface area contributed by atoms with Crippen LogP contribution in [0.5, 0.6) is 0 Å². The Bertz CT molecular complexity index is 564. The van der Waals surface area contributed by atoms with Crippen LogP contribution in [0.15, 0.2) is 42.5 Å². The fourth-order valence-electron chi connectivity index (χ4n) is 1.77. The van der Waals surface area contributed by atoms with E-state index < -0.39 is 7.59 Å². The van der Waals surface area contributed by atoms with Crippen LogP contribution < -0.4 is 16.1 Å². The molecule has 0 unspecified atom stereocenters. The minimum Gasteiger partial charge on any atom is -0.271 e. The van der Waals surface area contributed by atoms with Crippen molar-refractivity contribution in [3.05, 3.63) is 48.0 Å². The van der Waals surface area contributed by atoms with Crippen LogP contribution in [-0.2, 0) is 11.0 Å². The molecule has 0 atom stereocenters. The van der Waals surface area contributed by atoms with Gasteiger partial charge >= 0.3 is 0 Å². The number of rotatable bonds is 4. The fraction of sp³-hybridized carbons (Fsp3) is 0.167. The van der Waals surface area contributed by atoms with Crippen molar-refractivity contribution in [2.24, 2.45) is 11.0 Å². The molecule has 0 aliphatic heterocycles. The SMILES string of the molecule is NP(N)(=O)NCCc1ccc2ccccc2c1. The normalized spacial score (nSPS) is 11.9. The Kier molecular flexibility index (Phi) is 3.60. The van der Waals surface area contributed by atoms with E-state index in [9.17, 15) is 4.57 Å². The van der Waals surface area contributed by atoms with E-state index in [4.69, 9.17) is 11.0 Å². The number of hydrogen-bond donors (Lipinski definition) is 3. The Morgan fingerprint density at radius 3 is 2.47 bits per heavy atom. The molecule has 0 bridgehead atoms. The van der Waals surface area contributed by atoms with Crippen molar-refractivity contribution in [2.75, 3.05) is 6.54 Å². The van der Waals surface area contributed by atoms with E-state index >= 15 is 0 Å². The van der Waals surface area contributed by atoms with Crippen LogP contribution in [0.4, 0.5) is 0 Å². The largest absolute Gasteiger partial charge is 0.273 e. The standard InChI is InChI=1S/C12H16N3OP/c13-17(14,16)15-8-7-10-5-6-11-3-1-2-4-12(11)9-10/h1-6,9H,7-8H2,(H5,13,14,15,16). The maximum atomic E-state index is 11.1. The predicted octanol–water partition coefficient (Wildman–Crippen LogP) is 2.00. The Morgan fingerprint density at radius 2 is 1.76 bits per heavy atom. The maximum absolute atomic E-state index is 11.1. The van der Waals surface area contributed by atoms with Crippen molar-refractivity contribution in [3.8, 4) is 0 Å². The molecule has 0 saturated heterocycles. The molecule has 0 fully saturated rings. The van der Waals surface area contributed by atoms with Gasteiger partial charge in [0.05, 0.1) is 0 Å². The van der Waals surface area contributed by atoms with Crippen molar-refractivity contribution in [1.82, 2.24) is 5.09 Å². The van der Waals surface area contributed by atoms with Crippen LogP contribution in [-0.4, -0.2) is 6.54 Å². The molecule has 0 saturated carbocycles. The highest BCUT2D eigenvalue weighted by Gasteiger charge is 2.05. The van der Waals surface area contributed by atoms with Crippen molar-refractivity contribution >= 4 is 18.4 Å². The van der Waals surface area contributed by atoms with Gasteiger partial charge in [0, 0.05) is 6.54 Å². The van der Waals surface area contributed by atoms with Crippen molar-refractivity contribution < 1.29 is 4.57 Å². The van der Waals surface area contributed by atoms with Crippen LogP contribution >= 0.6 is 7.59 Å². The zero-order valence-corrected chi connectivity index (χ0v) is 10.4. The molecule has 5 heteroatoms. The van der Waals surface area contributed by atoms with Gasteiger partial charge in [-0.3, -0.25) is 15.6 Å². The van der Waals surface area contributed by atoms with Gasteiger partial charge in [-0.1, -0.05) is 42.5 Å². The molecule has 0 amide bonds. The summed E-state index contributed by atoms with van der Waals surface area (Å²) in [5.74, 6) is 0. The first-order valence-corrected chi connectivity index (χ1v) is 7.29. The lowest BCUT2D eigenvalue weighted by Crippen LogP contribution is -2.24. The Balaban J connectivity index is 2.07. The van der Waals surface area contributed by atoms with Gasteiger partial charge in [0.2, 0.25) is 0 Å². The summed E-state index contributed by atoms with van der Waals surface area (Å²) in [7, 11) is -3.10. The fourth-order valence-corrected chi connectivity index (χ4v) is 2.23. The first kappa shape index (κ1) is 12.3. The molecule has 17 heavy (non-hydrogen) atoms. The van der Waals surface area contributed by atoms with Crippen LogP contribution in [0.2, 0.25) is 0 Å². The number of nitrogens with two attached hydrogens (primary N) is 2. The van der Waals surface area contributed by atoms with E-state index in [0.717, 1.165) is 6.42 Å². The Morgan fingerprint density at radius 1 is 1.06 bits per heavy atom. The molecule has 2 rings (SSSR count). The molecule has 0 spiro atoms. The van der Waals surface area contributed by atoms with E-state index in [1.165, 1.54) is 16.3 Å². The van der Waals surface area contributed by atoms with Crippen molar-refractivity contribution in [3.63, 3.8) is 0 Å². The van der Waals surface area contributed by atoms with Gasteiger partial charge in [0.25, 0.3) is 7.59 Å². The lowest BCUT2D eigenvalue weighted by atomic mass is 10.1. The maximum Gasteiger partial charge on any atom is 0.273 e. The van der Waals surface area contributed by atoms with E-state index in [-0.39, 0.29) is 0 Å². The Hall–Kier alpha value is -1.19. The third-order valence-corrected chi connectivity index (χ3v) is 3.30. The van der Waals surface area contributed by atoms with Gasteiger partial charge in [-0.2, -0.15) is 0 Å². The van der Waals surface area contributed by atoms with E-state index in [1.54, 1.807) is 0 Å². The minimum atomic E-state index is -3.10. The molecule has 2 aromatic rings. The second-order valence-electron chi connectivity index (χ2n) is 4.05. The summed E-state index contributed by atoms with van der Waals surface area (Å²) >= 11 is 0. The third-order valence-electron chi connectivity index (χ3n) is 2.59. The monoisotopic (exact) mass is 249 g/mol. The molecule has 5 N–H and O–H groups in total. The molecule has 4 nitrogen and oxygen atoms in total. The highest BCUT2D eigenvalue weighted by molar-refractivity contribution is 7.56. The zero-order valence-electron chi connectivity index (χ0n) is 9.47. The molecular formula is C12H16N3OP. The quantitative estimate of drug-likeness (QED) is 0.724. The molecule has 0 aromatic heterocycles. The molecule has 0 aliphatic rings. The van der Waals surface area contributed by atoms with Gasteiger partial charge in [-0.25, -0.2) is 5.09 Å². The van der Waals surface area contributed by atoms with Crippen LogP contribution in [0, 0.1) is 0 Å². The summed E-state index contributed by atoms with van der Waals surface area (Å²) < 4.78 is 11.1. The highest BCUT2D eigenvalue weighted by Crippen LogP contribution is 2.18. The highest BCUT2D eigenvalue weighted by atomic mass is 31.2. The summed E-state index contributed by atoms with van der Waals surface area (Å²) in [5, 5.41) is 5.05. The number of fused-ring (bicyclic) bond motifs is 1. The molecule has 0 aliphatic carbocycles. The topological polar surface area (TPSA) is 81.1 Å².